The van der Waals surface area contributed by atoms with Gasteiger partial charge < -0.3 is 15.0 Å². The fourth-order valence-corrected chi connectivity index (χ4v) is 1.17. The molecule has 1 heterocycles. The summed E-state index contributed by atoms with van der Waals surface area (Å²) in [5.41, 5.74) is 6.67. The minimum Gasteiger partial charge on any atom is -0.380 e. The lowest BCUT2D eigenvalue weighted by molar-refractivity contribution is 0.127. The first-order chi connectivity index (χ1) is 6.36. The Hall–Kier alpha value is -0.800. The fourth-order valence-electron chi connectivity index (χ4n) is 1.17. The zero-order chi connectivity index (χ0) is 9.52. The molecule has 0 fully saturated rings. The summed E-state index contributed by atoms with van der Waals surface area (Å²) in [5, 5.41) is 0. The van der Waals surface area contributed by atoms with Gasteiger partial charge in [-0.15, -0.1) is 0 Å². The molecule has 0 saturated carbocycles. The topological polar surface area (TPSA) is 40.2 Å². The van der Waals surface area contributed by atoms with E-state index in [1.54, 1.807) is 0 Å². The van der Waals surface area contributed by atoms with Crippen LogP contribution in [0.4, 0.5) is 0 Å². The first kappa shape index (κ1) is 10.3. The van der Waals surface area contributed by atoms with E-state index in [1.807, 2.05) is 12.3 Å². The van der Waals surface area contributed by atoms with Crippen LogP contribution in [0.3, 0.4) is 0 Å². The third kappa shape index (κ3) is 3.61. The van der Waals surface area contributed by atoms with Gasteiger partial charge in [0.1, 0.15) is 0 Å². The van der Waals surface area contributed by atoms with Gasteiger partial charge in [0.2, 0.25) is 0 Å². The molecule has 0 atom stereocenters. The van der Waals surface area contributed by atoms with Crippen LogP contribution in [0.5, 0.6) is 0 Å². The summed E-state index contributed by atoms with van der Waals surface area (Å²) in [5.74, 6) is 0. The minimum atomic E-state index is 0.614. The maximum atomic E-state index is 5.49. The van der Waals surface area contributed by atoms with Crippen molar-refractivity contribution in [3.63, 3.8) is 0 Å². The Labute approximate surface area is 79.5 Å². The second-order valence-electron chi connectivity index (χ2n) is 3.07. The number of ether oxygens (including phenoxy) is 1. The zero-order valence-electron chi connectivity index (χ0n) is 8.20. The third-order valence-corrected chi connectivity index (χ3v) is 1.89. The second-order valence-corrected chi connectivity index (χ2v) is 3.07. The molecule has 3 heteroatoms. The highest BCUT2D eigenvalue weighted by Crippen LogP contribution is 1.99. The van der Waals surface area contributed by atoms with E-state index in [0.717, 1.165) is 26.2 Å². The molecule has 1 aromatic heterocycles. The number of aromatic nitrogens is 1. The van der Waals surface area contributed by atoms with Crippen molar-refractivity contribution in [2.24, 2.45) is 5.73 Å². The Kier molecular flexibility index (Phi) is 4.57. The molecule has 1 rings (SSSR count). The van der Waals surface area contributed by atoms with Gasteiger partial charge in [-0.05, 0) is 18.1 Å². The lowest BCUT2D eigenvalue weighted by atomic mass is 10.4. The Morgan fingerprint density at radius 3 is 2.92 bits per heavy atom. The van der Waals surface area contributed by atoms with Gasteiger partial charge >= 0.3 is 0 Å². The maximum absolute atomic E-state index is 5.49. The van der Waals surface area contributed by atoms with Gasteiger partial charge in [0.05, 0.1) is 6.61 Å². The maximum Gasteiger partial charge on any atom is 0.0645 e. The van der Waals surface area contributed by atoms with Crippen molar-refractivity contribution in [2.75, 3.05) is 13.2 Å². The van der Waals surface area contributed by atoms with Gasteiger partial charge in [-0.3, -0.25) is 0 Å². The van der Waals surface area contributed by atoms with Crippen LogP contribution in [-0.2, 0) is 17.8 Å². The van der Waals surface area contributed by atoms with Crippen molar-refractivity contribution < 1.29 is 4.74 Å². The molecule has 13 heavy (non-hydrogen) atoms. The minimum absolute atomic E-state index is 0.614. The van der Waals surface area contributed by atoms with Gasteiger partial charge in [-0.1, -0.05) is 6.92 Å². The first-order valence-corrected chi connectivity index (χ1v) is 4.79. The fraction of sp³-hybridized carbons (Fsp3) is 0.600. The summed E-state index contributed by atoms with van der Waals surface area (Å²) < 4.78 is 7.49. The summed E-state index contributed by atoms with van der Waals surface area (Å²) in [4.78, 5) is 0. The van der Waals surface area contributed by atoms with E-state index in [9.17, 15) is 0 Å². The van der Waals surface area contributed by atoms with Crippen molar-refractivity contribution in [3.05, 3.63) is 24.0 Å². The van der Waals surface area contributed by atoms with Crippen LogP contribution in [0, 0.1) is 0 Å². The average molecular weight is 182 g/mol. The SMILES string of the molecule is CCCOCCn1ccc(CN)c1. The van der Waals surface area contributed by atoms with Gasteiger partial charge in [0.15, 0.2) is 0 Å². The zero-order valence-corrected chi connectivity index (χ0v) is 8.20. The number of rotatable bonds is 6. The normalized spacial score (nSPS) is 10.6. The predicted molar refractivity (Wildman–Crippen MR) is 53.4 cm³/mol. The largest absolute Gasteiger partial charge is 0.380 e. The molecule has 0 aliphatic heterocycles. The highest BCUT2D eigenvalue weighted by Gasteiger charge is 1.93. The Morgan fingerprint density at radius 1 is 1.46 bits per heavy atom. The van der Waals surface area contributed by atoms with E-state index >= 15 is 0 Å². The van der Waals surface area contributed by atoms with E-state index in [-0.39, 0.29) is 0 Å². The molecule has 0 saturated heterocycles. The number of hydrogen-bond acceptors (Lipinski definition) is 2. The van der Waals surface area contributed by atoms with E-state index in [2.05, 4.69) is 17.7 Å². The van der Waals surface area contributed by atoms with Crippen molar-refractivity contribution >= 4 is 0 Å². The summed E-state index contributed by atoms with van der Waals surface area (Å²) in [6.07, 6.45) is 5.19. The Morgan fingerprint density at radius 2 is 2.31 bits per heavy atom. The lowest BCUT2D eigenvalue weighted by Crippen LogP contribution is -2.04. The van der Waals surface area contributed by atoms with Gasteiger partial charge in [-0.25, -0.2) is 0 Å². The molecule has 0 radical (unpaired) electrons. The van der Waals surface area contributed by atoms with Crippen molar-refractivity contribution in [2.45, 2.75) is 26.4 Å². The van der Waals surface area contributed by atoms with E-state index in [4.69, 9.17) is 10.5 Å². The summed E-state index contributed by atoms with van der Waals surface area (Å²) >= 11 is 0. The Bertz CT molecular complexity index is 233. The molecular formula is C10H18N2O. The van der Waals surface area contributed by atoms with Crippen LogP contribution in [0.15, 0.2) is 18.5 Å². The number of nitrogens with zero attached hydrogens (tertiary/aromatic N) is 1. The molecule has 0 spiro atoms. The first-order valence-electron chi connectivity index (χ1n) is 4.79. The molecule has 0 bridgehead atoms. The number of hydrogen-bond donors (Lipinski definition) is 1. The Balaban J connectivity index is 2.20. The molecule has 74 valence electrons. The highest BCUT2D eigenvalue weighted by atomic mass is 16.5. The van der Waals surface area contributed by atoms with Crippen molar-refractivity contribution in [3.8, 4) is 0 Å². The van der Waals surface area contributed by atoms with Crippen molar-refractivity contribution in [1.29, 1.82) is 0 Å². The van der Waals surface area contributed by atoms with E-state index < -0.39 is 0 Å². The highest BCUT2D eigenvalue weighted by molar-refractivity contribution is 5.09. The van der Waals surface area contributed by atoms with Gasteiger partial charge in [0, 0.05) is 32.1 Å². The average Bonchev–Trinajstić information content (AvgIpc) is 2.60. The number of nitrogens with two attached hydrogens (primary N) is 1. The van der Waals surface area contributed by atoms with Crippen LogP contribution in [0.25, 0.3) is 0 Å². The van der Waals surface area contributed by atoms with Crippen LogP contribution in [0.2, 0.25) is 0 Å². The molecule has 0 aliphatic carbocycles. The molecular weight excluding hydrogens is 164 g/mol. The van der Waals surface area contributed by atoms with Crippen molar-refractivity contribution in [1.82, 2.24) is 4.57 Å². The third-order valence-electron chi connectivity index (χ3n) is 1.89. The van der Waals surface area contributed by atoms with Crippen LogP contribution in [0.1, 0.15) is 18.9 Å². The molecule has 2 N–H and O–H groups in total. The molecule has 0 aliphatic rings. The van der Waals surface area contributed by atoms with Crippen LogP contribution < -0.4 is 5.73 Å². The lowest BCUT2D eigenvalue weighted by Gasteiger charge is -2.03. The standard InChI is InChI=1S/C10H18N2O/c1-2-6-13-7-5-12-4-3-10(8-11)9-12/h3-4,9H,2,5-8,11H2,1H3. The van der Waals surface area contributed by atoms with Gasteiger partial charge in [0.25, 0.3) is 0 Å². The van der Waals surface area contributed by atoms with Crippen LogP contribution in [-0.4, -0.2) is 17.8 Å². The van der Waals surface area contributed by atoms with E-state index in [0.29, 0.717) is 6.54 Å². The quantitative estimate of drug-likeness (QED) is 0.675. The molecule has 0 unspecified atom stereocenters. The summed E-state index contributed by atoms with van der Waals surface area (Å²) in [6.45, 7) is 5.28. The molecule has 1 aromatic rings. The predicted octanol–water partition coefficient (Wildman–Crippen LogP) is 1.37. The molecule has 3 nitrogen and oxygen atoms in total. The van der Waals surface area contributed by atoms with Gasteiger partial charge in [-0.2, -0.15) is 0 Å². The summed E-state index contributed by atoms with van der Waals surface area (Å²) in [6, 6.07) is 2.04. The van der Waals surface area contributed by atoms with E-state index in [1.165, 1.54) is 5.56 Å². The molecule has 0 amide bonds. The second kappa shape index (κ2) is 5.78. The smallest absolute Gasteiger partial charge is 0.0645 e. The monoisotopic (exact) mass is 182 g/mol. The molecule has 0 aromatic carbocycles. The van der Waals surface area contributed by atoms with Crippen LogP contribution >= 0.6 is 0 Å². The summed E-state index contributed by atoms with van der Waals surface area (Å²) in [7, 11) is 0.